The van der Waals surface area contributed by atoms with Gasteiger partial charge in [-0.25, -0.2) is 0 Å². The normalized spacial score (nSPS) is 11.8. The maximum atomic E-state index is 12.4. The van der Waals surface area contributed by atoms with Gasteiger partial charge in [0.05, 0.1) is 18.7 Å². The largest absolute Gasteiger partial charge is 0.506 e. The molecular formula is C28H47NO4. The lowest BCUT2D eigenvalue weighted by molar-refractivity contribution is -0.147. The number of nitrogens with one attached hydrogen (secondary N) is 1. The third kappa shape index (κ3) is 14.0. The summed E-state index contributed by atoms with van der Waals surface area (Å²) in [5.41, 5.74) is 1.31. The Balaban J connectivity index is 2.16. The fourth-order valence-electron chi connectivity index (χ4n) is 4.23. The number of carbonyl (C=O) groups is 2. The molecule has 0 saturated heterocycles. The van der Waals surface area contributed by atoms with Gasteiger partial charge in [0.25, 0.3) is 0 Å². The predicted molar refractivity (Wildman–Crippen MR) is 137 cm³/mol. The molecule has 0 aliphatic rings. The van der Waals surface area contributed by atoms with E-state index in [1.165, 1.54) is 84.2 Å². The molecule has 0 fully saturated rings. The Morgan fingerprint density at radius 1 is 0.879 bits per heavy atom. The zero-order valence-electron chi connectivity index (χ0n) is 21.3. The summed E-state index contributed by atoms with van der Waals surface area (Å²) in [5, 5.41) is 12.6. The van der Waals surface area contributed by atoms with Crippen molar-refractivity contribution in [2.24, 2.45) is 5.92 Å². The molecule has 1 unspecified atom stereocenters. The summed E-state index contributed by atoms with van der Waals surface area (Å²) in [6.07, 6.45) is 18.7. The summed E-state index contributed by atoms with van der Waals surface area (Å²) in [6, 6.07) is 5.04. The maximum Gasteiger partial charge on any atom is 0.309 e. The van der Waals surface area contributed by atoms with E-state index >= 15 is 0 Å². The van der Waals surface area contributed by atoms with Crippen LogP contribution in [0.5, 0.6) is 5.75 Å². The average molecular weight is 462 g/mol. The molecule has 188 valence electrons. The third-order valence-corrected chi connectivity index (χ3v) is 6.30. The Hall–Kier alpha value is -2.04. The molecule has 0 aromatic heterocycles. The van der Waals surface area contributed by atoms with Gasteiger partial charge in [0, 0.05) is 6.42 Å². The van der Waals surface area contributed by atoms with Crippen molar-refractivity contribution in [3.63, 3.8) is 0 Å². The first-order valence-electron chi connectivity index (χ1n) is 13.1. The number of hydrogen-bond acceptors (Lipinski definition) is 4. The number of rotatable bonds is 19. The van der Waals surface area contributed by atoms with Crippen LogP contribution in [0.25, 0.3) is 0 Å². The van der Waals surface area contributed by atoms with Crippen LogP contribution in [0.3, 0.4) is 0 Å². The number of ether oxygens (including phenoxy) is 1. The number of phenols is 1. The molecule has 0 spiro atoms. The Kier molecular flexibility index (Phi) is 16.2. The van der Waals surface area contributed by atoms with Gasteiger partial charge in [-0.15, -0.1) is 0 Å². The molecule has 1 amide bonds. The lowest BCUT2D eigenvalue weighted by Crippen LogP contribution is -2.23. The van der Waals surface area contributed by atoms with E-state index in [1.54, 1.807) is 18.2 Å². The minimum Gasteiger partial charge on any atom is -0.506 e. The van der Waals surface area contributed by atoms with Gasteiger partial charge in [0.1, 0.15) is 5.75 Å². The second-order valence-corrected chi connectivity index (χ2v) is 9.38. The summed E-state index contributed by atoms with van der Waals surface area (Å²) in [7, 11) is 1.37. The highest BCUT2D eigenvalue weighted by atomic mass is 16.5. The van der Waals surface area contributed by atoms with Crippen molar-refractivity contribution in [1.82, 2.24) is 0 Å². The smallest absolute Gasteiger partial charge is 0.309 e. The van der Waals surface area contributed by atoms with Crippen LogP contribution in [-0.2, 0) is 14.3 Å². The molecule has 0 bridgehead atoms. The number of methoxy groups -OCH3 is 1. The maximum absolute atomic E-state index is 12.4. The van der Waals surface area contributed by atoms with Crippen molar-refractivity contribution >= 4 is 17.6 Å². The van der Waals surface area contributed by atoms with Gasteiger partial charge < -0.3 is 15.2 Å². The van der Waals surface area contributed by atoms with E-state index in [0.29, 0.717) is 12.1 Å². The fraction of sp³-hybridized carbons (Fsp3) is 0.714. The SMILES string of the molecule is CCCCCCCCCCCCCCCCC(CC(=O)Nc1cc(C)ccc1O)C(=O)OC. The van der Waals surface area contributed by atoms with Gasteiger partial charge in [-0.3, -0.25) is 9.59 Å². The van der Waals surface area contributed by atoms with Crippen molar-refractivity contribution in [3.05, 3.63) is 23.8 Å². The van der Waals surface area contributed by atoms with Crippen LogP contribution in [0.2, 0.25) is 0 Å². The number of phenolic OH excluding ortho intramolecular Hbond substituents is 1. The molecule has 5 nitrogen and oxygen atoms in total. The number of hydrogen-bond donors (Lipinski definition) is 2. The summed E-state index contributed by atoms with van der Waals surface area (Å²) >= 11 is 0. The fourth-order valence-corrected chi connectivity index (χ4v) is 4.23. The molecule has 5 heteroatoms. The topological polar surface area (TPSA) is 75.6 Å². The Bertz CT molecular complexity index is 674. The Labute approximate surface area is 201 Å². The van der Waals surface area contributed by atoms with Gasteiger partial charge in [-0.2, -0.15) is 0 Å². The van der Waals surface area contributed by atoms with Crippen LogP contribution < -0.4 is 5.32 Å². The first-order valence-corrected chi connectivity index (χ1v) is 13.1. The average Bonchev–Trinajstić information content (AvgIpc) is 2.80. The van der Waals surface area contributed by atoms with Crippen molar-refractivity contribution in [2.75, 3.05) is 12.4 Å². The predicted octanol–water partition coefficient (Wildman–Crippen LogP) is 7.69. The summed E-state index contributed by atoms with van der Waals surface area (Å²) in [4.78, 5) is 24.6. The van der Waals surface area contributed by atoms with Crippen molar-refractivity contribution < 1.29 is 19.4 Å². The number of esters is 1. The van der Waals surface area contributed by atoms with Crippen molar-refractivity contribution in [1.29, 1.82) is 0 Å². The van der Waals surface area contributed by atoms with E-state index in [4.69, 9.17) is 4.74 Å². The van der Waals surface area contributed by atoms with Crippen LogP contribution in [0.1, 0.15) is 115 Å². The van der Waals surface area contributed by atoms with E-state index in [2.05, 4.69) is 12.2 Å². The second-order valence-electron chi connectivity index (χ2n) is 9.38. The first kappa shape index (κ1) is 29.0. The molecule has 0 radical (unpaired) electrons. The van der Waals surface area contributed by atoms with Crippen LogP contribution >= 0.6 is 0 Å². The number of aryl methyl sites for hydroxylation is 1. The minimum absolute atomic E-state index is 0.0236. The standard InChI is InChI=1S/C28H47NO4/c1-4-5-6-7-8-9-10-11-12-13-14-15-16-17-18-24(28(32)33-3)22-27(31)29-25-21-23(2)19-20-26(25)30/h19-21,24,30H,4-18,22H2,1-3H3,(H,29,31). The van der Waals surface area contributed by atoms with Gasteiger partial charge in [0.2, 0.25) is 5.91 Å². The van der Waals surface area contributed by atoms with Gasteiger partial charge in [-0.05, 0) is 31.0 Å². The highest BCUT2D eigenvalue weighted by molar-refractivity contribution is 5.94. The van der Waals surface area contributed by atoms with Gasteiger partial charge in [0.15, 0.2) is 0 Å². The van der Waals surface area contributed by atoms with Gasteiger partial charge >= 0.3 is 5.97 Å². The van der Waals surface area contributed by atoms with E-state index in [9.17, 15) is 14.7 Å². The molecule has 1 aromatic rings. The van der Waals surface area contributed by atoms with E-state index in [1.807, 2.05) is 6.92 Å². The quantitative estimate of drug-likeness (QED) is 0.126. The summed E-state index contributed by atoms with van der Waals surface area (Å²) in [6.45, 7) is 4.15. The number of amides is 1. The van der Waals surface area contributed by atoms with Crippen LogP contribution in [0.15, 0.2) is 18.2 Å². The molecular weight excluding hydrogens is 414 g/mol. The van der Waals surface area contributed by atoms with E-state index in [0.717, 1.165) is 18.4 Å². The number of carbonyl (C=O) groups excluding carboxylic acids is 2. The summed E-state index contributed by atoms with van der Waals surface area (Å²) in [5.74, 6) is -1.04. The highest BCUT2D eigenvalue weighted by Crippen LogP contribution is 2.25. The Morgan fingerprint density at radius 3 is 1.91 bits per heavy atom. The van der Waals surface area contributed by atoms with Crippen LogP contribution in [-0.4, -0.2) is 24.1 Å². The minimum atomic E-state index is -0.445. The van der Waals surface area contributed by atoms with Crippen molar-refractivity contribution in [2.45, 2.75) is 117 Å². The molecule has 1 rings (SSSR count). The molecule has 33 heavy (non-hydrogen) atoms. The monoisotopic (exact) mass is 461 g/mol. The lowest BCUT2D eigenvalue weighted by Gasteiger charge is -2.15. The highest BCUT2D eigenvalue weighted by Gasteiger charge is 2.22. The van der Waals surface area contributed by atoms with Crippen molar-refractivity contribution in [3.8, 4) is 5.75 Å². The lowest BCUT2D eigenvalue weighted by atomic mass is 9.96. The van der Waals surface area contributed by atoms with Crippen LogP contribution in [0.4, 0.5) is 5.69 Å². The molecule has 0 saturated carbocycles. The van der Waals surface area contributed by atoms with Crippen LogP contribution in [0, 0.1) is 12.8 Å². The molecule has 1 aromatic carbocycles. The Morgan fingerprint density at radius 2 is 1.39 bits per heavy atom. The molecule has 0 aliphatic carbocycles. The zero-order valence-corrected chi connectivity index (χ0v) is 21.3. The number of unbranched alkanes of at least 4 members (excludes halogenated alkanes) is 13. The third-order valence-electron chi connectivity index (χ3n) is 6.30. The number of aromatic hydroxyl groups is 1. The summed E-state index contributed by atoms with van der Waals surface area (Å²) < 4.78 is 4.91. The van der Waals surface area contributed by atoms with Gasteiger partial charge in [-0.1, -0.05) is 103 Å². The molecule has 1 atom stereocenters. The zero-order chi connectivity index (χ0) is 24.3. The number of anilines is 1. The number of benzene rings is 1. The second kappa shape index (κ2) is 18.4. The van der Waals surface area contributed by atoms with E-state index < -0.39 is 5.92 Å². The van der Waals surface area contributed by atoms with E-state index in [-0.39, 0.29) is 24.0 Å². The molecule has 0 aliphatic heterocycles. The first-order chi connectivity index (χ1) is 16.0. The molecule has 0 heterocycles. The molecule has 2 N–H and O–H groups in total.